The Kier molecular flexibility index (Phi) is 6.04. The molecule has 0 aromatic carbocycles. The van der Waals surface area contributed by atoms with Gasteiger partial charge >= 0.3 is 0 Å². The molecule has 1 aliphatic rings. The maximum atomic E-state index is 11.5. The van der Waals surface area contributed by atoms with E-state index in [1.54, 1.807) is 0 Å². The van der Waals surface area contributed by atoms with Crippen LogP contribution in [0.4, 0.5) is 0 Å². The summed E-state index contributed by atoms with van der Waals surface area (Å²) < 4.78 is 22.9. The van der Waals surface area contributed by atoms with Gasteiger partial charge in [-0.1, -0.05) is 6.92 Å². The number of rotatable bonds is 6. The van der Waals surface area contributed by atoms with Crippen LogP contribution in [0.2, 0.25) is 0 Å². The molecule has 1 rings (SSSR count). The Hall–Kier alpha value is -0.660. The maximum Gasteiger partial charge on any atom is 0.235 e. The second kappa shape index (κ2) is 7.06. The normalized spacial score (nSPS) is 22.3. The fourth-order valence-electron chi connectivity index (χ4n) is 2.00. The highest BCUT2D eigenvalue weighted by Crippen LogP contribution is 2.05. The smallest absolute Gasteiger partial charge is 0.235 e. The van der Waals surface area contributed by atoms with Crippen molar-refractivity contribution in [3.05, 3.63) is 0 Å². The fourth-order valence-corrected chi connectivity index (χ4v) is 3.31. The summed E-state index contributed by atoms with van der Waals surface area (Å²) in [5.41, 5.74) is 5.34. The average molecular weight is 277 g/mol. The van der Waals surface area contributed by atoms with Crippen molar-refractivity contribution < 1.29 is 13.2 Å². The lowest BCUT2D eigenvalue weighted by atomic mass is 10.2. The SMILES string of the molecule is CCCNC(CN1CCCS(=O)(=O)CC1)C(N)=O. The molecule has 3 N–H and O–H groups in total. The van der Waals surface area contributed by atoms with E-state index in [9.17, 15) is 13.2 Å². The van der Waals surface area contributed by atoms with Crippen LogP contribution in [0.25, 0.3) is 0 Å². The van der Waals surface area contributed by atoms with Gasteiger partial charge in [-0.2, -0.15) is 0 Å². The van der Waals surface area contributed by atoms with E-state index in [0.29, 0.717) is 26.1 Å². The van der Waals surface area contributed by atoms with Crippen LogP contribution in [0, 0.1) is 0 Å². The predicted octanol–water partition coefficient (Wildman–Crippen LogP) is -1.04. The van der Waals surface area contributed by atoms with Crippen LogP contribution in [0.1, 0.15) is 19.8 Å². The zero-order valence-electron chi connectivity index (χ0n) is 10.9. The van der Waals surface area contributed by atoms with Gasteiger partial charge in [-0.15, -0.1) is 0 Å². The van der Waals surface area contributed by atoms with Crippen molar-refractivity contribution in [2.24, 2.45) is 5.73 Å². The number of amides is 1. The van der Waals surface area contributed by atoms with Crippen LogP contribution in [0.3, 0.4) is 0 Å². The molecule has 18 heavy (non-hydrogen) atoms. The zero-order valence-corrected chi connectivity index (χ0v) is 11.7. The molecule has 0 aliphatic carbocycles. The summed E-state index contributed by atoms with van der Waals surface area (Å²) in [7, 11) is -2.90. The highest BCUT2D eigenvalue weighted by Gasteiger charge is 2.23. The van der Waals surface area contributed by atoms with Gasteiger partial charge in [-0.3, -0.25) is 4.79 Å². The summed E-state index contributed by atoms with van der Waals surface area (Å²) in [5, 5.41) is 3.09. The van der Waals surface area contributed by atoms with E-state index in [2.05, 4.69) is 5.32 Å². The Balaban J connectivity index is 2.50. The van der Waals surface area contributed by atoms with Gasteiger partial charge in [-0.25, -0.2) is 8.42 Å². The Morgan fingerprint density at radius 2 is 2.11 bits per heavy atom. The number of primary amides is 1. The monoisotopic (exact) mass is 277 g/mol. The number of carbonyl (C=O) groups is 1. The van der Waals surface area contributed by atoms with Crippen molar-refractivity contribution >= 4 is 15.7 Å². The van der Waals surface area contributed by atoms with Gasteiger partial charge in [0.05, 0.1) is 17.5 Å². The van der Waals surface area contributed by atoms with Crippen molar-refractivity contribution in [3.63, 3.8) is 0 Å². The molecule has 1 atom stereocenters. The number of hydrogen-bond acceptors (Lipinski definition) is 5. The number of nitrogens with one attached hydrogen (secondary N) is 1. The molecule has 1 heterocycles. The summed E-state index contributed by atoms with van der Waals surface area (Å²) in [4.78, 5) is 13.3. The minimum absolute atomic E-state index is 0.173. The lowest BCUT2D eigenvalue weighted by molar-refractivity contribution is -0.120. The molecule has 0 aromatic heterocycles. The fraction of sp³-hybridized carbons (Fsp3) is 0.909. The topological polar surface area (TPSA) is 92.5 Å². The number of hydrogen-bond donors (Lipinski definition) is 2. The summed E-state index contributed by atoms with van der Waals surface area (Å²) in [6.45, 7) is 4.44. The minimum atomic E-state index is -2.90. The number of nitrogens with two attached hydrogens (primary N) is 1. The zero-order chi connectivity index (χ0) is 13.6. The molecule has 7 heteroatoms. The van der Waals surface area contributed by atoms with E-state index in [1.807, 2.05) is 11.8 Å². The number of sulfone groups is 1. The van der Waals surface area contributed by atoms with Gasteiger partial charge < -0.3 is 16.0 Å². The standard InChI is InChI=1S/C11H23N3O3S/c1-2-4-13-10(11(12)15)9-14-5-3-7-18(16,17)8-6-14/h10,13H,2-9H2,1H3,(H2,12,15). The first-order valence-corrected chi connectivity index (χ1v) is 8.22. The first-order chi connectivity index (χ1) is 8.44. The summed E-state index contributed by atoms with van der Waals surface area (Å²) in [5.74, 6) is 0.0369. The number of carbonyl (C=O) groups excluding carboxylic acids is 1. The van der Waals surface area contributed by atoms with Crippen LogP contribution in [-0.4, -0.2) is 63.0 Å². The van der Waals surface area contributed by atoms with E-state index in [1.165, 1.54) is 0 Å². The van der Waals surface area contributed by atoms with Gasteiger partial charge in [0.15, 0.2) is 9.84 Å². The first-order valence-electron chi connectivity index (χ1n) is 6.40. The van der Waals surface area contributed by atoms with E-state index < -0.39 is 15.9 Å². The average Bonchev–Trinajstić information content (AvgIpc) is 2.45. The minimum Gasteiger partial charge on any atom is -0.368 e. The molecule has 0 bridgehead atoms. The molecule has 0 radical (unpaired) electrons. The van der Waals surface area contributed by atoms with Crippen LogP contribution < -0.4 is 11.1 Å². The van der Waals surface area contributed by atoms with Gasteiger partial charge in [0.2, 0.25) is 5.91 Å². The summed E-state index contributed by atoms with van der Waals surface area (Å²) in [6, 6.07) is -0.397. The van der Waals surface area contributed by atoms with E-state index in [0.717, 1.165) is 13.0 Å². The Morgan fingerprint density at radius 1 is 1.39 bits per heavy atom. The molecule has 0 saturated carbocycles. The molecule has 1 unspecified atom stereocenters. The third-order valence-electron chi connectivity index (χ3n) is 3.07. The quantitative estimate of drug-likeness (QED) is 0.647. The largest absolute Gasteiger partial charge is 0.368 e. The molecule has 1 saturated heterocycles. The molecule has 1 amide bonds. The molecule has 0 aromatic rings. The van der Waals surface area contributed by atoms with Crippen LogP contribution in [-0.2, 0) is 14.6 Å². The van der Waals surface area contributed by atoms with Crippen molar-refractivity contribution in [3.8, 4) is 0 Å². The van der Waals surface area contributed by atoms with Crippen LogP contribution in [0.5, 0.6) is 0 Å². The number of nitrogens with zero attached hydrogens (tertiary/aromatic N) is 1. The molecule has 106 valence electrons. The molecular formula is C11H23N3O3S. The highest BCUT2D eigenvalue weighted by molar-refractivity contribution is 7.91. The molecular weight excluding hydrogens is 254 g/mol. The Labute approximate surface area is 109 Å². The second-order valence-corrected chi connectivity index (χ2v) is 7.02. The third-order valence-corrected chi connectivity index (χ3v) is 4.79. The first kappa shape index (κ1) is 15.4. The van der Waals surface area contributed by atoms with E-state index >= 15 is 0 Å². The lowest BCUT2D eigenvalue weighted by Gasteiger charge is -2.24. The van der Waals surface area contributed by atoms with Crippen molar-refractivity contribution in [2.45, 2.75) is 25.8 Å². The molecule has 0 spiro atoms. The van der Waals surface area contributed by atoms with Crippen LogP contribution in [0.15, 0.2) is 0 Å². The second-order valence-electron chi connectivity index (χ2n) is 4.72. The Bertz CT molecular complexity index is 370. The molecule has 1 fully saturated rings. The van der Waals surface area contributed by atoms with E-state index in [-0.39, 0.29) is 17.4 Å². The van der Waals surface area contributed by atoms with Gasteiger partial charge in [0.1, 0.15) is 0 Å². The predicted molar refractivity (Wildman–Crippen MR) is 71.0 cm³/mol. The Morgan fingerprint density at radius 3 is 2.72 bits per heavy atom. The van der Waals surface area contributed by atoms with Gasteiger partial charge in [-0.05, 0) is 25.9 Å². The summed E-state index contributed by atoms with van der Waals surface area (Å²) in [6.07, 6.45) is 1.56. The maximum absolute atomic E-state index is 11.5. The summed E-state index contributed by atoms with van der Waals surface area (Å²) >= 11 is 0. The molecule has 6 nitrogen and oxygen atoms in total. The van der Waals surface area contributed by atoms with Crippen LogP contribution >= 0.6 is 0 Å². The molecule has 1 aliphatic heterocycles. The third kappa shape index (κ3) is 5.32. The van der Waals surface area contributed by atoms with Crippen molar-refractivity contribution in [2.75, 3.05) is 37.7 Å². The van der Waals surface area contributed by atoms with Gasteiger partial charge in [0, 0.05) is 13.1 Å². The lowest BCUT2D eigenvalue weighted by Crippen LogP contribution is -2.49. The van der Waals surface area contributed by atoms with Crippen molar-refractivity contribution in [1.82, 2.24) is 10.2 Å². The van der Waals surface area contributed by atoms with Gasteiger partial charge in [0.25, 0.3) is 0 Å². The van der Waals surface area contributed by atoms with Crippen molar-refractivity contribution in [1.29, 1.82) is 0 Å². The highest BCUT2D eigenvalue weighted by atomic mass is 32.2. The van der Waals surface area contributed by atoms with E-state index in [4.69, 9.17) is 5.73 Å².